The van der Waals surface area contributed by atoms with Crippen molar-refractivity contribution in [1.82, 2.24) is 19.9 Å². The summed E-state index contributed by atoms with van der Waals surface area (Å²) in [4.78, 5) is 16.4. The number of ether oxygens (including phenoxy) is 2. The average Bonchev–Trinajstić information content (AvgIpc) is 3.03. The van der Waals surface area contributed by atoms with Crippen LogP contribution < -0.4 is 31.6 Å². The number of hydrogen-bond acceptors (Lipinski definition) is 12. The maximum atomic E-state index is 10.1. The van der Waals surface area contributed by atoms with Crippen LogP contribution in [0.4, 0.5) is 23.5 Å². The maximum Gasteiger partial charge on any atom is 0.222 e. The Kier molecular flexibility index (Phi) is 11.5. The van der Waals surface area contributed by atoms with Crippen molar-refractivity contribution in [3.63, 3.8) is 0 Å². The van der Waals surface area contributed by atoms with Gasteiger partial charge in [0, 0.05) is 16.1 Å². The summed E-state index contributed by atoms with van der Waals surface area (Å²) in [5.41, 5.74) is 11.4. The number of nitrogens with two attached hydrogens (primary N) is 2. The predicted molar refractivity (Wildman–Crippen MR) is 180 cm³/mol. The van der Waals surface area contributed by atoms with E-state index in [-0.39, 0.29) is 30.1 Å². The highest BCUT2D eigenvalue weighted by molar-refractivity contribution is 6.30. The molecule has 0 unspecified atom stereocenters. The van der Waals surface area contributed by atoms with Gasteiger partial charge in [0.15, 0.2) is 23.1 Å². The molecule has 2 aromatic heterocycles. The summed E-state index contributed by atoms with van der Waals surface area (Å²) in [6.45, 7) is 0. The first-order valence-electron chi connectivity index (χ1n) is 15.2. The first-order chi connectivity index (χ1) is 22.2. The summed E-state index contributed by atoms with van der Waals surface area (Å²) >= 11 is 11.8. The van der Waals surface area contributed by atoms with Crippen LogP contribution in [0.5, 0.6) is 23.0 Å². The molecule has 0 amide bonds. The normalized spacial score (nSPS) is 21.0. The standard InChI is InChI=1S/2C16H19ClN4O2/c17-10-4-6-13(7-5-10)23-14-9-19-16(18)21-15(14)20-11-2-1-3-12(22)8-11;17-10-5-7-11(8-6-10)23-14-9-19-16(18)21-15(14)20-12-3-1-2-4-13(12)22/h4-7,9,11-12,22H,1-3,8H2,(H3,18,19,20,21);5-9,12-13,22H,1-4H2,(H3,18,19,20,21)/t11-,12-;12-,13-/m01/s1. The van der Waals surface area contributed by atoms with E-state index in [9.17, 15) is 10.2 Å². The van der Waals surface area contributed by atoms with E-state index >= 15 is 0 Å². The van der Waals surface area contributed by atoms with E-state index < -0.39 is 6.10 Å². The predicted octanol–water partition coefficient (Wildman–Crippen LogP) is 6.44. The number of benzene rings is 2. The minimum atomic E-state index is -0.400. The number of anilines is 4. The molecule has 2 aromatic carbocycles. The number of halogens is 2. The monoisotopic (exact) mass is 668 g/mol. The van der Waals surface area contributed by atoms with Gasteiger partial charge in [0.1, 0.15) is 11.5 Å². The molecular weight excluding hydrogens is 631 g/mol. The summed E-state index contributed by atoms with van der Waals surface area (Å²) in [5.74, 6) is 3.55. The number of hydrogen-bond donors (Lipinski definition) is 6. The Morgan fingerprint density at radius 2 is 1.20 bits per heavy atom. The lowest BCUT2D eigenvalue weighted by atomic mass is 9.92. The summed E-state index contributed by atoms with van der Waals surface area (Å²) in [5, 5.41) is 27.7. The first kappa shape index (κ1) is 33.3. The molecule has 0 aliphatic heterocycles. The number of aromatic nitrogens is 4. The molecule has 2 fully saturated rings. The van der Waals surface area contributed by atoms with Gasteiger partial charge in [-0.15, -0.1) is 0 Å². The minimum Gasteiger partial charge on any atom is -0.452 e. The average molecular weight is 670 g/mol. The van der Waals surface area contributed by atoms with E-state index in [1.165, 1.54) is 6.20 Å². The fraction of sp³-hybridized carbons (Fsp3) is 0.375. The third-order valence-corrected chi connectivity index (χ3v) is 8.17. The Morgan fingerprint density at radius 3 is 1.72 bits per heavy atom. The molecule has 4 atom stereocenters. The summed E-state index contributed by atoms with van der Waals surface area (Å²) in [6, 6.07) is 14.1. The number of aliphatic hydroxyl groups excluding tert-OH is 2. The zero-order chi connectivity index (χ0) is 32.5. The first-order valence-corrected chi connectivity index (χ1v) is 16.0. The van der Waals surface area contributed by atoms with Gasteiger partial charge in [0.2, 0.25) is 11.9 Å². The minimum absolute atomic E-state index is 0.0642. The van der Waals surface area contributed by atoms with Gasteiger partial charge in [-0.2, -0.15) is 9.97 Å². The molecule has 244 valence electrons. The van der Waals surface area contributed by atoms with E-state index in [1.54, 1.807) is 54.7 Å². The number of nitrogens with one attached hydrogen (secondary N) is 2. The zero-order valence-electron chi connectivity index (χ0n) is 25.2. The van der Waals surface area contributed by atoms with Crippen molar-refractivity contribution >= 4 is 46.7 Å². The second-order valence-corrected chi connectivity index (χ2v) is 12.1. The van der Waals surface area contributed by atoms with E-state index in [0.717, 1.165) is 44.9 Å². The summed E-state index contributed by atoms with van der Waals surface area (Å²) in [6.07, 6.45) is 9.65. The lowest BCUT2D eigenvalue weighted by Gasteiger charge is -2.29. The van der Waals surface area contributed by atoms with Gasteiger partial charge in [-0.05, 0) is 87.1 Å². The molecule has 8 N–H and O–H groups in total. The zero-order valence-corrected chi connectivity index (χ0v) is 26.7. The molecule has 4 aromatic rings. The molecule has 2 aliphatic rings. The third-order valence-electron chi connectivity index (χ3n) is 7.67. The molecule has 14 heteroatoms. The van der Waals surface area contributed by atoms with Crippen molar-refractivity contribution < 1.29 is 19.7 Å². The highest BCUT2D eigenvalue weighted by Gasteiger charge is 2.25. The van der Waals surface area contributed by atoms with Crippen LogP contribution in [-0.4, -0.2) is 54.4 Å². The molecule has 2 aliphatic carbocycles. The number of rotatable bonds is 8. The van der Waals surface area contributed by atoms with Crippen molar-refractivity contribution in [2.24, 2.45) is 0 Å². The number of nitrogens with zero attached hydrogens (tertiary/aromatic N) is 4. The van der Waals surface area contributed by atoms with Crippen molar-refractivity contribution in [2.75, 3.05) is 22.1 Å². The molecule has 0 spiro atoms. The lowest BCUT2D eigenvalue weighted by Crippen LogP contribution is -2.36. The molecule has 12 nitrogen and oxygen atoms in total. The third kappa shape index (κ3) is 9.70. The lowest BCUT2D eigenvalue weighted by molar-refractivity contribution is 0.116. The highest BCUT2D eigenvalue weighted by Crippen LogP contribution is 2.32. The Balaban J connectivity index is 0.000000181. The van der Waals surface area contributed by atoms with Crippen LogP contribution in [-0.2, 0) is 0 Å². The van der Waals surface area contributed by atoms with E-state index in [1.807, 2.05) is 0 Å². The molecule has 6 rings (SSSR count). The van der Waals surface area contributed by atoms with Crippen molar-refractivity contribution in [2.45, 2.75) is 75.7 Å². The Bertz CT molecular complexity index is 1570. The largest absolute Gasteiger partial charge is 0.452 e. The van der Waals surface area contributed by atoms with Crippen molar-refractivity contribution in [3.05, 3.63) is 71.0 Å². The van der Waals surface area contributed by atoms with Gasteiger partial charge in [-0.3, -0.25) is 0 Å². The second kappa shape index (κ2) is 15.9. The number of nitrogen functional groups attached to an aromatic ring is 2. The van der Waals surface area contributed by atoms with Crippen LogP contribution in [0.25, 0.3) is 0 Å². The van der Waals surface area contributed by atoms with Gasteiger partial charge in [0.25, 0.3) is 0 Å². The van der Waals surface area contributed by atoms with E-state index in [4.69, 9.17) is 44.1 Å². The smallest absolute Gasteiger partial charge is 0.222 e. The van der Waals surface area contributed by atoms with Gasteiger partial charge in [0.05, 0.1) is 30.6 Å². The molecule has 2 saturated carbocycles. The molecule has 0 saturated heterocycles. The quantitative estimate of drug-likeness (QED) is 0.121. The van der Waals surface area contributed by atoms with Crippen LogP contribution in [0.1, 0.15) is 51.4 Å². The molecule has 0 bridgehead atoms. The van der Waals surface area contributed by atoms with E-state index in [0.29, 0.717) is 51.1 Å². The second-order valence-electron chi connectivity index (χ2n) is 11.3. The van der Waals surface area contributed by atoms with Crippen molar-refractivity contribution in [1.29, 1.82) is 0 Å². The Morgan fingerprint density at radius 1 is 0.674 bits per heavy atom. The van der Waals surface area contributed by atoms with Gasteiger partial charge in [-0.25, -0.2) is 9.97 Å². The maximum absolute atomic E-state index is 10.1. The summed E-state index contributed by atoms with van der Waals surface area (Å²) < 4.78 is 11.6. The molecule has 0 radical (unpaired) electrons. The molecule has 46 heavy (non-hydrogen) atoms. The Hall–Kier alpha value is -4.10. The van der Waals surface area contributed by atoms with E-state index in [2.05, 4.69) is 30.6 Å². The highest BCUT2D eigenvalue weighted by atomic mass is 35.5. The fourth-order valence-corrected chi connectivity index (χ4v) is 5.58. The van der Waals surface area contributed by atoms with Crippen LogP contribution in [0.15, 0.2) is 60.9 Å². The van der Waals surface area contributed by atoms with Gasteiger partial charge in [-0.1, -0.05) is 36.0 Å². The van der Waals surface area contributed by atoms with Crippen LogP contribution in [0.2, 0.25) is 10.0 Å². The van der Waals surface area contributed by atoms with Crippen molar-refractivity contribution in [3.8, 4) is 23.0 Å². The van der Waals surface area contributed by atoms with Crippen LogP contribution in [0, 0.1) is 0 Å². The molecular formula is C32H38Cl2N8O4. The molecule has 2 heterocycles. The van der Waals surface area contributed by atoms with Gasteiger partial charge >= 0.3 is 0 Å². The van der Waals surface area contributed by atoms with Crippen LogP contribution in [0.3, 0.4) is 0 Å². The van der Waals surface area contributed by atoms with Crippen LogP contribution >= 0.6 is 23.2 Å². The SMILES string of the molecule is Nc1ncc(Oc2ccc(Cl)cc2)c(N[C@@H]2CCCC[C@H]2O)n1.Nc1ncc(Oc2ccc(Cl)cc2)c(N[C@H]2CCC[C@H](O)C2)n1. The van der Waals surface area contributed by atoms with Gasteiger partial charge < -0.3 is 41.8 Å². The Labute approximate surface area is 277 Å². The number of aliphatic hydroxyl groups is 2. The fourth-order valence-electron chi connectivity index (χ4n) is 5.33. The topological polar surface area (TPSA) is 187 Å². The summed E-state index contributed by atoms with van der Waals surface area (Å²) in [7, 11) is 0.